The van der Waals surface area contributed by atoms with E-state index in [1.165, 1.54) is 0 Å². The van der Waals surface area contributed by atoms with Crippen LogP contribution in [0.3, 0.4) is 0 Å². The summed E-state index contributed by atoms with van der Waals surface area (Å²) in [7, 11) is 0. The van der Waals surface area contributed by atoms with Gasteiger partial charge in [0.25, 0.3) is 0 Å². The summed E-state index contributed by atoms with van der Waals surface area (Å²) in [5.74, 6) is 0.221. The van der Waals surface area contributed by atoms with E-state index in [-0.39, 0.29) is 35.2 Å². The Morgan fingerprint density at radius 1 is 0.719 bits per heavy atom. The smallest absolute Gasteiger partial charge is 0.238 e. The van der Waals surface area contributed by atoms with Gasteiger partial charge in [-0.15, -0.1) is 0 Å². The second-order valence-electron chi connectivity index (χ2n) is 11.6. The van der Waals surface area contributed by atoms with Crippen LogP contribution in [0.15, 0.2) is 24.3 Å². The van der Waals surface area contributed by atoms with Gasteiger partial charge in [-0.1, -0.05) is 27.7 Å². The lowest BCUT2D eigenvalue weighted by molar-refractivity contribution is -0.143. The number of nitrogens with one attached hydrogen (secondary N) is 2. The van der Waals surface area contributed by atoms with Gasteiger partial charge in [-0.25, -0.2) is 0 Å². The summed E-state index contributed by atoms with van der Waals surface area (Å²) in [5.41, 5.74) is -1.49. The van der Waals surface area contributed by atoms with E-state index in [0.29, 0.717) is 37.1 Å². The lowest BCUT2D eigenvalue weighted by Gasteiger charge is -2.32. The molecule has 0 heterocycles. The number of Topliss-reactive ketones (excluding diaryl/α,β-unsaturated/α-hetero) is 2. The topological polar surface area (TPSA) is 92.3 Å². The van der Waals surface area contributed by atoms with Crippen molar-refractivity contribution >= 4 is 34.8 Å². The molecule has 0 spiro atoms. The molecule has 4 fully saturated rings. The maximum Gasteiger partial charge on any atom is 0.238 e. The third kappa shape index (κ3) is 2.64. The number of carbonyl (C=O) groups excluding carboxylic acids is 4. The van der Waals surface area contributed by atoms with Crippen molar-refractivity contribution in [2.45, 2.75) is 66.2 Å². The third-order valence-electron chi connectivity index (χ3n) is 9.38. The van der Waals surface area contributed by atoms with Crippen molar-refractivity contribution in [1.82, 2.24) is 0 Å². The maximum atomic E-state index is 13.1. The fourth-order valence-corrected chi connectivity index (χ4v) is 7.10. The van der Waals surface area contributed by atoms with Gasteiger partial charge in [-0.3, -0.25) is 19.2 Å². The molecule has 2 N–H and O–H groups in total. The van der Waals surface area contributed by atoms with Gasteiger partial charge < -0.3 is 10.6 Å². The van der Waals surface area contributed by atoms with Gasteiger partial charge in [0.2, 0.25) is 11.8 Å². The van der Waals surface area contributed by atoms with Gasteiger partial charge in [0, 0.05) is 22.2 Å². The van der Waals surface area contributed by atoms with Crippen molar-refractivity contribution in [3.63, 3.8) is 0 Å². The van der Waals surface area contributed by atoms with Crippen molar-refractivity contribution < 1.29 is 19.2 Å². The molecule has 1 aromatic rings. The Kier molecular flexibility index (Phi) is 4.35. The first kappa shape index (κ1) is 21.4. The lowest BCUT2D eigenvalue weighted by Crippen LogP contribution is -2.44. The van der Waals surface area contributed by atoms with E-state index in [9.17, 15) is 19.2 Å². The first-order chi connectivity index (χ1) is 14.9. The van der Waals surface area contributed by atoms with E-state index in [2.05, 4.69) is 10.6 Å². The Labute approximate surface area is 188 Å². The largest absolute Gasteiger partial charge is 0.325 e. The summed E-state index contributed by atoms with van der Waals surface area (Å²) in [4.78, 5) is 52.0. The molecule has 1 aromatic carbocycles. The first-order valence-electron chi connectivity index (χ1n) is 11.8. The minimum atomic E-state index is -0.908. The highest BCUT2D eigenvalue weighted by atomic mass is 16.2. The molecule has 32 heavy (non-hydrogen) atoms. The van der Waals surface area contributed by atoms with Crippen LogP contribution in [-0.4, -0.2) is 23.4 Å². The quantitative estimate of drug-likeness (QED) is 0.686. The molecule has 6 heteroatoms. The summed E-state index contributed by atoms with van der Waals surface area (Å²) in [6.45, 7) is 7.81. The van der Waals surface area contributed by atoms with E-state index in [4.69, 9.17) is 0 Å². The third-order valence-corrected chi connectivity index (χ3v) is 9.38. The Balaban J connectivity index is 1.27. The highest BCUT2D eigenvalue weighted by Crippen LogP contribution is 2.61. The van der Waals surface area contributed by atoms with Crippen molar-refractivity contribution in [2.75, 3.05) is 10.6 Å². The number of benzene rings is 1. The first-order valence-corrected chi connectivity index (χ1v) is 11.8. The van der Waals surface area contributed by atoms with Crippen LogP contribution in [0.5, 0.6) is 0 Å². The summed E-state index contributed by atoms with van der Waals surface area (Å²) >= 11 is 0. The number of anilines is 2. The molecule has 4 aliphatic rings. The highest BCUT2D eigenvalue weighted by molar-refractivity contribution is 6.16. The summed E-state index contributed by atoms with van der Waals surface area (Å²) in [6.07, 6.45) is 4.32. The average molecular weight is 437 g/mol. The maximum absolute atomic E-state index is 13.1. The fourth-order valence-electron chi connectivity index (χ4n) is 7.10. The standard InChI is InChI=1S/C26H32N2O4/c1-23(2)15-9-11-25(13-15,19(23)29)21(31)27-17-5-7-18(8-6-17)28-22(32)26-12-10-16(14-26)24(3,4)20(26)30/h5-8,15-16H,9-14H2,1-4H3,(H,27,31)(H,28,32). The van der Waals surface area contributed by atoms with E-state index < -0.39 is 21.7 Å². The minimum absolute atomic E-state index is 0.0564. The molecule has 4 bridgehead atoms. The van der Waals surface area contributed by atoms with Crippen LogP contribution in [0.2, 0.25) is 0 Å². The van der Waals surface area contributed by atoms with Gasteiger partial charge in [0.1, 0.15) is 10.8 Å². The Bertz CT molecular complexity index is 957. The van der Waals surface area contributed by atoms with Gasteiger partial charge in [-0.2, -0.15) is 0 Å². The molecule has 5 rings (SSSR count). The van der Waals surface area contributed by atoms with Crippen LogP contribution in [0.1, 0.15) is 66.2 Å². The molecule has 4 unspecified atom stereocenters. The second-order valence-corrected chi connectivity index (χ2v) is 11.6. The monoisotopic (exact) mass is 436 g/mol. The Hall–Kier alpha value is -2.50. The second kappa shape index (κ2) is 6.52. The number of rotatable bonds is 4. The number of carbonyl (C=O) groups is 4. The molecule has 4 atom stereocenters. The predicted octanol–water partition coefficient (Wildman–Crippen LogP) is 4.35. The number of ketones is 2. The molecule has 0 aliphatic heterocycles. The SMILES string of the molecule is CC1(C)C(=O)C2(C(=O)Nc3ccc(NC(=O)C45CCC(C4)C(C)(C)C5=O)cc3)CCC1C2. The summed E-state index contributed by atoms with van der Waals surface area (Å²) < 4.78 is 0. The van der Waals surface area contributed by atoms with Gasteiger partial charge in [0.15, 0.2) is 11.6 Å². The molecule has 0 aromatic heterocycles. The molecule has 0 saturated heterocycles. The lowest BCUT2D eigenvalue weighted by atomic mass is 9.70. The van der Waals surface area contributed by atoms with E-state index in [1.807, 2.05) is 27.7 Å². The van der Waals surface area contributed by atoms with Crippen LogP contribution in [0, 0.1) is 33.5 Å². The Morgan fingerprint density at radius 3 is 1.34 bits per heavy atom. The van der Waals surface area contributed by atoms with Gasteiger partial charge in [0.05, 0.1) is 0 Å². The van der Waals surface area contributed by atoms with Crippen LogP contribution in [0.25, 0.3) is 0 Å². The minimum Gasteiger partial charge on any atom is -0.325 e. The predicted molar refractivity (Wildman–Crippen MR) is 121 cm³/mol. The van der Waals surface area contributed by atoms with Crippen LogP contribution in [-0.2, 0) is 19.2 Å². The zero-order valence-electron chi connectivity index (χ0n) is 19.3. The highest BCUT2D eigenvalue weighted by Gasteiger charge is 2.66. The van der Waals surface area contributed by atoms with Crippen LogP contribution < -0.4 is 10.6 Å². The number of hydrogen-bond acceptors (Lipinski definition) is 4. The van der Waals surface area contributed by atoms with Crippen LogP contribution >= 0.6 is 0 Å². The molecule has 4 aliphatic carbocycles. The number of hydrogen-bond donors (Lipinski definition) is 2. The zero-order chi connectivity index (χ0) is 23.1. The van der Waals surface area contributed by atoms with Crippen molar-refractivity contribution in [1.29, 1.82) is 0 Å². The zero-order valence-corrected chi connectivity index (χ0v) is 19.3. The van der Waals surface area contributed by atoms with Gasteiger partial charge >= 0.3 is 0 Å². The van der Waals surface area contributed by atoms with E-state index in [1.54, 1.807) is 24.3 Å². The number of amides is 2. The van der Waals surface area contributed by atoms with Gasteiger partial charge in [-0.05, 0) is 74.6 Å². The molecular weight excluding hydrogens is 404 g/mol. The van der Waals surface area contributed by atoms with Crippen LogP contribution in [0.4, 0.5) is 11.4 Å². The average Bonchev–Trinajstić information content (AvgIpc) is 3.47. The molecule has 0 radical (unpaired) electrons. The van der Waals surface area contributed by atoms with E-state index >= 15 is 0 Å². The number of fused-ring (bicyclic) bond motifs is 4. The molecule has 170 valence electrons. The van der Waals surface area contributed by atoms with Crippen molar-refractivity contribution in [2.24, 2.45) is 33.5 Å². The fraction of sp³-hybridized carbons (Fsp3) is 0.615. The summed E-state index contributed by atoms with van der Waals surface area (Å²) in [6, 6.07) is 6.93. The molecular formula is C26H32N2O4. The van der Waals surface area contributed by atoms with E-state index in [0.717, 1.165) is 12.8 Å². The van der Waals surface area contributed by atoms with Crippen molar-refractivity contribution in [3.05, 3.63) is 24.3 Å². The molecule has 4 saturated carbocycles. The summed E-state index contributed by atoms with van der Waals surface area (Å²) in [5, 5.41) is 5.85. The molecule has 6 nitrogen and oxygen atoms in total. The Morgan fingerprint density at radius 2 is 1.06 bits per heavy atom. The normalized spacial score (nSPS) is 35.9. The van der Waals surface area contributed by atoms with Crippen molar-refractivity contribution in [3.8, 4) is 0 Å². The molecule has 2 amide bonds.